The second kappa shape index (κ2) is 8.86. The first-order valence-corrected chi connectivity index (χ1v) is 11.2. The van der Waals surface area contributed by atoms with Crippen LogP contribution in [0.1, 0.15) is 58.9 Å². The molecule has 7 nitrogen and oxygen atoms in total. The molecule has 0 saturated heterocycles. The number of amides is 1. The highest BCUT2D eigenvalue weighted by Gasteiger charge is 2.23. The van der Waals surface area contributed by atoms with E-state index in [9.17, 15) is 14.7 Å². The second-order valence-electron chi connectivity index (χ2n) is 8.38. The number of rotatable bonds is 5. The standard InChI is InChI=1S/C26H24N4O3/c31-25(28-20-8-5-13-27-16-20)18-7-4-6-17(14-18)24-29-22-15-19(26(32)33)11-12-23(22)30(24)21-9-2-1-3-10-21/h4-8,11-16,21H,1-3,9-10H2,(H,28,31)(H,32,33). The fourth-order valence-electron chi connectivity index (χ4n) is 4.58. The first-order valence-electron chi connectivity index (χ1n) is 11.2. The molecule has 1 amide bonds. The van der Waals surface area contributed by atoms with Gasteiger partial charge in [-0.2, -0.15) is 0 Å². The molecule has 4 aromatic rings. The molecule has 0 bridgehead atoms. The predicted molar refractivity (Wildman–Crippen MR) is 126 cm³/mol. The number of hydrogen-bond acceptors (Lipinski definition) is 4. The fraction of sp³-hybridized carbons (Fsp3) is 0.231. The molecule has 0 unspecified atom stereocenters. The van der Waals surface area contributed by atoms with E-state index in [-0.39, 0.29) is 11.5 Å². The van der Waals surface area contributed by atoms with Gasteiger partial charge in [-0.15, -0.1) is 0 Å². The van der Waals surface area contributed by atoms with Gasteiger partial charge in [0.1, 0.15) is 5.82 Å². The quantitative estimate of drug-likeness (QED) is 0.424. The highest BCUT2D eigenvalue weighted by molar-refractivity contribution is 6.05. The van der Waals surface area contributed by atoms with Gasteiger partial charge in [-0.25, -0.2) is 9.78 Å². The molecule has 0 aliphatic heterocycles. The molecule has 2 heterocycles. The number of carbonyl (C=O) groups is 2. The van der Waals surface area contributed by atoms with E-state index in [2.05, 4.69) is 14.9 Å². The molecule has 2 aromatic carbocycles. The van der Waals surface area contributed by atoms with Crippen molar-refractivity contribution in [3.05, 3.63) is 78.1 Å². The van der Waals surface area contributed by atoms with Gasteiger partial charge >= 0.3 is 5.97 Å². The molecular formula is C26H24N4O3. The van der Waals surface area contributed by atoms with Crippen LogP contribution in [-0.2, 0) is 0 Å². The average Bonchev–Trinajstić information content (AvgIpc) is 3.24. The molecule has 2 N–H and O–H groups in total. The van der Waals surface area contributed by atoms with E-state index >= 15 is 0 Å². The van der Waals surface area contributed by atoms with Gasteiger partial charge in [0, 0.05) is 23.4 Å². The minimum atomic E-state index is -0.972. The zero-order valence-corrected chi connectivity index (χ0v) is 18.1. The van der Waals surface area contributed by atoms with Crippen LogP contribution in [0.4, 0.5) is 5.69 Å². The summed E-state index contributed by atoms with van der Waals surface area (Å²) in [5.41, 5.74) is 3.76. The summed E-state index contributed by atoms with van der Waals surface area (Å²) in [5.74, 6) is -0.437. The highest BCUT2D eigenvalue weighted by atomic mass is 16.4. The Morgan fingerprint density at radius 2 is 1.82 bits per heavy atom. The minimum absolute atomic E-state index is 0.215. The van der Waals surface area contributed by atoms with Crippen molar-refractivity contribution in [3.63, 3.8) is 0 Å². The summed E-state index contributed by atoms with van der Waals surface area (Å²) < 4.78 is 2.23. The largest absolute Gasteiger partial charge is 0.478 e. The van der Waals surface area contributed by atoms with Crippen molar-refractivity contribution in [3.8, 4) is 11.4 Å². The molecule has 166 valence electrons. The second-order valence-corrected chi connectivity index (χ2v) is 8.38. The van der Waals surface area contributed by atoms with Crippen molar-refractivity contribution < 1.29 is 14.7 Å². The molecule has 1 fully saturated rings. The van der Waals surface area contributed by atoms with Gasteiger partial charge in [0.25, 0.3) is 5.91 Å². The Hall–Kier alpha value is -4.00. The van der Waals surface area contributed by atoms with Crippen molar-refractivity contribution in [1.82, 2.24) is 14.5 Å². The number of aromatic nitrogens is 3. The maximum atomic E-state index is 12.8. The van der Waals surface area contributed by atoms with Gasteiger partial charge in [-0.05, 0) is 55.3 Å². The lowest BCUT2D eigenvalue weighted by atomic mass is 9.94. The van der Waals surface area contributed by atoms with Crippen molar-refractivity contribution >= 4 is 28.6 Å². The predicted octanol–water partition coefficient (Wildman–Crippen LogP) is 5.55. The van der Waals surface area contributed by atoms with Gasteiger partial charge in [0.2, 0.25) is 0 Å². The number of imidazole rings is 1. The monoisotopic (exact) mass is 440 g/mol. The van der Waals surface area contributed by atoms with Gasteiger partial charge in [0.15, 0.2) is 0 Å². The molecule has 1 aliphatic carbocycles. The van der Waals surface area contributed by atoms with Crippen LogP contribution >= 0.6 is 0 Å². The molecule has 33 heavy (non-hydrogen) atoms. The zero-order chi connectivity index (χ0) is 22.8. The third-order valence-corrected chi connectivity index (χ3v) is 6.18. The van der Waals surface area contributed by atoms with Crippen molar-refractivity contribution in [2.45, 2.75) is 38.1 Å². The number of nitrogens with one attached hydrogen (secondary N) is 1. The summed E-state index contributed by atoms with van der Waals surface area (Å²) in [6, 6.07) is 16.4. The van der Waals surface area contributed by atoms with Crippen LogP contribution in [0.15, 0.2) is 67.0 Å². The Morgan fingerprint density at radius 3 is 2.58 bits per heavy atom. The molecule has 2 aromatic heterocycles. The normalized spacial score (nSPS) is 14.3. The van der Waals surface area contributed by atoms with Gasteiger partial charge < -0.3 is 15.0 Å². The first kappa shape index (κ1) is 20.9. The molecule has 1 aliphatic rings. The molecule has 0 spiro atoms. The lowest BCUT2D eigenvalue weighted by Crippen LogP contribution is -2.15. The molecule has 1 saturated carbocycles. The van der Waals surface area contributed by atoms with E-state index in [1.165, 1.54) is 6.42 Å². The van der Waals surface area contributed by atoms with Crippen LogP contribution in [0.2, 0.25) is 0 Å². The molecular weight excluding hydrogens is 416 g/mol. The number of carboxylic acid groups (broad SMARTS) is 1. The Bertz CT molecular complexity index is 1320. The van der Waals surface area contributed by atoms with Crippen molar-refractivity contribution in [2.24, 2.45) is 0 Å². The van der Waals surface area contributed by atoms with Crippen molar-refractivity contribution in [2.75, 3.05) is 5.32 Å². The SMILES string of the molecule is O=C(O)c1ccc2c(c1)nc(-c1cccc(C(=O)Nc3cccnc3)c1)n2C1CCCCC1. The molecule has 5 rings (SSSR count). The maximum Gasteiger partial charge on any atom is 0.335 e. The Balaban J connectivity index is 1.58. The number of aromatic carboxylic acids is 1. The van der Waals surface area contributed by atoms with Gasteiger partial charge in [-0.3, -0.25) is 9.78 Å². The summed E-state index contributed by atoms with van der Waals surface area (Å²) >= 11 is 0. The molecule has 0 radical (unpaired) electrons. The van der Waals surface area contributed by atoms with Crippen LogP contribution in [0.3, 0.4) is 0 Å². The highest BCUT2D eigenvalue weighted by Crippen LogP contribution is 2.36. The lowest BCUT2D eigenvalue weighted by Gasteiger charge is -2.25. The number of benzene rings is 2. The first-order chi connectivity index (χ1) is 16.1. The van der Waals surface area contributed by atoms with E-state index < -0.39 is 5.97 Å². The van der Waals surface area contributed by atoms with E-state index in [4.69, 9.17) is 4.98 Å². The third kappa shape index (κ3) is 4.22. The van der Waals surface area contributed by atoms with Crippen LogP contribution in [0.25, 0.3) is 22.4 Å². The zero-order valence-electron chi connectivity index (χ0n) is 18.1. The number of anilines is 1. The topological polar surface area (TPSA) is 97.1 Å². The number of pyridine rings is 1. The smallest absolute Gasteiger partial charge is 0.335 e. The Morgan fingerprint density at radius 1 is 0.970 bits per heavy atom. The maximum absolute atomic E-state index is 12.8. The van der Waals surface area contributed by atoms with Crippen LogP contribution < -0.4 is 5.32 Å². The number of carboxylic acids is 1. The van der Waals surface area contributed by atoms with Gasteiger partial charge in [-0.1, -0.05) is 31.4 Å². The number of nitrogens with zero attached hydrogens (tertiary/aromatic N) is 3. The summed E-state index contributed by atoms with van der Waals surface area (Å²) in [5, 5.41) is 12.3. The third-order valence-electron chi connectivity index (χ3n) is 6.18. The Labute approximate surface area is 191 Å². The molecule has 0 atom stereocenters. The van der Waals surface area contributed by atoms with Crippen LogP contribution in [0.5, 0.6) is 0 Å². The number of carbonyl (C=O) groups excluding carboxylic acids is 1. The number of fused-ring (bicyclic) bond motifs is 1. The Kier molecular flexibility index (Phi) is 5.60. The summed E-state index contributed by atoms with van der Waals surface area (Å²) in [6.45, 7) is 0. The minimum Gasteiger partial charge on any atom is -0.478 e. The van der Waals surface area contributed by atoms with E-state index in [1.54, 1.807) is 42.7 Å². The lowest BCUT2D eigenvalue weighted by molar-refractivity contribution is 0.0696. The van der Waals surface area contributed by atoms with E-state index in [1.807, 2.05) is 24.3 Å². The average molecular weight is 441 g/mol. The summed E-state index contributed by atoms with van der Waals surface area (Å²) in [6.07, 6.45) is 8.91. The number of hydrogen-bond donors (Lipinski definition) is 2. The fourth-order valence-corrected chi connectivity index (χ4v) is 4.58. The van der Waals surface area contributed by atoms with Crippen LogP contribution in [-0.4, -0.2) is 31.5 Å². The van der Waals surface area contributed by atoms with E-state index in [0.29, 0.717) is 22.8 Å². The molecule has 7 heteroatoms. The van der Waals surface area contributed by atoms with E-state index in [0.717, 1.165) is 42.6 Å². The summed E-state index contributed by atoms with van der Waals surface area (Å²) in [4.78, 5) is 33.2. The van der Waals surface area contributed by atoms with Gasteiger partial charge in [0.05, 0.1) is 28.5 Å². The van der Waals surface area contributed by atoms with Crippen LogP contribution in [0, 0.1) is 0 Å². The summed E-state index contributed by atoms with van der Waals surface area (Å²) in [7, 11) is 0. The van der Waals surface area contributed by atoms with Crippen molar-refractivity contribution in [1.29, 1.82) is 0 Å².